The molecule has 0 atom stereocenters. The Morgan fingerprint density at radius 1 is 1.67 bits per heavy atom. The van der Waals surface area contributed by atoms with Gasteiger partial charge in [0.25, 0.3) is 0 Å². The van der Waals surface area contributed by atoms with E-state index < -0.39 is 0 Å². The monoisotopic (exact) mass is 228 g/mol. The number of carbonyl (C=O) groups excluding carboxylic acids is 1. The van der Waals surface area contributed by atoms with Crippen molar-refractivity contribution in [2.75, 3.05) is 23.7 Å². The summed E-state index contributed by atoms with van der Waals surface area (Å²) in [6.45, 7) is 5.08. The molecule has 0 saturated heterocycles. The lowest BCUT2D eigenvalue weighted by Crippen LogP contribution is -2.36. The van der Waals surface area contributed by atoms with E-state index in [2.05, 4.69) is 18.8 Å². The van der Waals surface area contributed by atoms with E-state index in [4.69, 9.17) is 11.5 Å². The number of carbonyl (C=O) groups is 1. The molecule has 1 amide bonds. The second-order valence-electron chi connectivity index (χ2n) is 3.79. The number of amides is 1. The molecule has 0 spiro atoms. The maximum atomic E-state index is 10.9. The molecule has 0 aliphatic carbocycles. The van der Waals surface area contributed by atoms with Crippen molar-refractivity contribution in [3.63, 3.8) is 0 Å². The van der Waals surface area contributed by atoms with E-state index in [9.17, 15) is 4.79 Å². The van der Waals surface area contributed by atoms with Crippen molar-refractivity contribution in [1.29, 1.82) is 0 Å². The molecule has 84 valence electrons. The number of aromatic nitrogens is 1. The Morgan fingerprint density at radius 3 is 2.73 bits per heavy atom. The highest BCUT2D eigenvalue weighted by Gasteiger charge is 2.14. The van der Waals surface area contributed by atoms with Crippen LogP contribution in [-0.4, -0.2) is 24.0 Å². The zero-order chi connectivity index (χ0) is 11.4. The Bertz CT molecular complexity index is 337. The minimum atomic E-state index is -0.357. The number of hydrogen-bond acceptors (Lipinski definition) is 5. The maximum absolute atomic E-state index is 10.9. The minimum absolute atomic E-state index is 0.186. The van der Waals surface area contributed by atoms with Crippen LogP contribution < -0.4 is 16.4 Å². The first-order valence-electron chi connectivity index (χ1n) is 4.73. The maximum Gasteiger partial charge on any atom is 0.237 e. The summed E-state index contributed by atoms with van der Waals surface area (Å²) in [5.74, 6) is 0.0823. The summed E-state index contributed by atoms with van der Waals surface area (Å²) >= 11 is 1.36. The third kappa shape index (κ3) is 3.75. The molecule has 0 aliphatic heterocycles. The molecule has 0 aromatic carbocycles. The molecular weight excluding hydrogens is 212 g/mol. The van der Waals surface area contributed by atoms with Gasteiger partial charge in [-0.1, -0.05) is 25.2 Å². The Balaban J connectivity index is 2.75. The lowest BCUT2D eigenvalue weighted by molar-refractivity contribution is -0.116. The highest BCUT2D eigenvalue weighted by Crippen LogP contribution is 2.24. The molecule has 0 aliphatic rings. The summed E-state index contributed by atoms with van der Waals surface area (Å²) < 4.78 is 0. The molecule has 1 heterocycles. The zero-order valence-corrected chi connectivity index (χ0v) is 9.75. The molecule has 5 nitrogen and oxygen atoms in total. The van der Waals surface area contributed by atoms with Gasteiger partial charge in [-0.15, -0.1) is 0 Å². The van der Waals surface area contributed by atoms with Gasteiger partial charge in [-0.05, 0) is 5.92 Å². The molecule has 0 bridgehead atoms. The molecule has 0 fully saturated rings. The number of primary amides is 1. The predicted octanol–water partition coefficient (Wildman–Crippen LogP) is 0.673. The Hall–Kier alpha value is -1.30. The average molecular weight is 228 g/mol. The molecule has 1 aromatic rings. The molecular formula is C9H16N4OS. The van der Waals surface area contributed by atoms with Crippen molar-refractivity contribution < 1.29 is 4.79 Å². The molecule has 4 N–H and O–H groups in total. The van der Waals surface area contributed by atoms with Crippen molar-refractivity contribution in [2.45, 2.75) is 13.8 Å². The quantitative estimate of drug-likeness (QED) is 0.775. The fourth-order valence-corrected chi connectivity index (χ4v) is 1.95. The zero-order valence-electron chi connectivity index (χ0n) is 8.93. The molecule has 0 radical (unpaired) electrons. The van der Waals surface area contributed by atoms with Crippen LogP contribution in [0, 0.1) is 5.92 Å². The van der Waals surface area contributed by atoms with Gasteiger partial charge in [-0.2, -0.15) is 0 Å². The first-order valence-corrected chi connectivity index (χ1v) is 5.55. The molecule has 0 saturated carbocycles. The van der Waals surface area contributed by atoms with Crippen LogP contribution in [0.4, 0.5) is 10.1 Å². The fraction of sp³-hybridized carbons (Fsp3) is 0.556. The van der Waals surface area contributed by atoms with Crippen molar-refractivity contribution in [2.24, 2.45) is 11.7 Å². The van der Waals surface area contributed by atoms with E-state index in [0.717, 1.165) is 11.7 Å². The van der Waals surface area contributed by atoms with Gasteiger partial charge in [0.2, 0.25) is 5.91 Å². The van der Waals surface area contributed by atoms with Crippen molar-refractivity contribution in [3.8, 4) is 0 Å². The van der Waals surface area contributed by atoms with Crippen LogP contribution in [0.3, 0.4) is 0 Å². The summed E-state index contributed by atoms with van der Waals surface area (Å²) in [6.07, 6.45) is 1.59. The molecule has 0 unspecified atom stereocenters. The van der Waals surface area contributed by atoms with Crippen molar-refractivity contribution in [1.82, 2.24) is 4.98 Å². The van der Waals surface area contributed by atoms with Gasteiger partial charge >= 0.3 is 0 Å². The van der Waals surface area contributed by atoms with Gasteiger partial charge in [0.05, 0.1) is 12.7 Å². The summed E-state index contributed by atoms with van der Waals surface area (Å²) in [5, 5.41) is 1.39. The Morgan fingerprint density at radius 2 is 2.33 bits per heavy atom. The Labute approximate surface area is 93.1 Å². The first kappa shape index (κ1) is 11.8. The fourth-order valence-electron chi connectivity index (χ4n) is 1.26. The summed E-state index contributed by atoms with van der Waals surface area (Å²) in [4.78, 5) is 16.9. The van der Waals surface area contributed by atoms with Gasteiger partial charge in [0.15, 0.2) is 5.13 Å². The number of nitrogens with zero attached hydrogens (tertiary/aromatic N) is 2. The van der Waals surface area contributed by atoms with Gasteiger partial charge in [0, 0.05) is 6.54 Å². The van der Waals surface area contributed by atoms with Crippen LogP contribution in [-0.2, 0) is 4.79 Å². The average Bonchev–Trinajstić information content (AvgIpc) is 2.48. The van der Waals surface area contributed by atoms with E-state index >= 15 is 0 Å². The van der Waals surface area contributed by atoms with Crippen LogP contribution in [0.15, 0.2) is 6.20 Å². The van der Waals surface area contributed by atoms with E-state index in [-0.39, 0.29) is 12.5 Å². The second-order valence-corrected chi connectivity index (χ2v) is 4.83. The lowest BCUT2D eigenvalue weighted by atomic mass is 10.2. The number of thiazole rings is 1. The molecule has 1 rings (SSSR count). The minimum Gasteiger partial charge on any atom is -0.389 e. The van der Waals surface area contributed by atoms with Crippen LogP contribution >= 0.6 is 11.3 Å². The van der Waals surface area contributed by atoms with E-state index in [1.165, 1.54) is 11.3 Å². The van der Waals surface area contributed by atoms with E-state index in [0.29, 0.717) is 10.9 Å². The topological polar surface area (TPSA) is 85.2 Å². The summed E-state index contributed by atoms with van der Waals surface area (Å²) in [5.41, 5.74) is 10.8. The summed E-state index contributed by atoms with van der Waals surface area (Å²) in [7, 11) is 0. The number of nitrogen functional groups attached to an aromatic ring is 1. The first-order chi connectivity index (χ1) is 6.99. The standard InChI is InChI=1S/C9H16N4OS/c1-6(2)4-13(5-7(10)14)9-12-3-8(11)15-9/h3,6H,4-5,11H2,1-2H3,(H2,10,14). The van der Waals surface area contributed by atoms with Gasteiger partial charge in [0.1, 0.15) is 5.00 Å². The largest absolute Gasteiger partial charge is 0.389 e. The number of nitrogens with two attached hydrogens (primary N) is 2. The van der Waals surface area contributed by atoms with Crippen LogP contribution in [0.25, 0.3) is 0 Å². The van der Waals surface area contributed by atoms with E-state index in [1.54, 1.807) is 6.20 Å². The second kappa shape index (κ2) is 4.97. The van der Waals surface area contributed by atoms with Gasteiger partial charge in [-0.3, -0.25) is 4.79 Å². The summed E-state index contributed by atoms with van der Waals surface area (Å²) in [6, 6.07) is 0. The highest BCUT2D eigenvalue weighted by molar-refractivity contribution is 7.19. The van der Waals surface area contributed by atoms with Crippen LogP contribution in [0.5, 0.6) is 0 Å². The third-order valence-electron chi connectivity index (χ3n) is 1.71. The SMILES string of the molecule is CC(C)CN(CC(N)=O)c1ncc(N)s1. The van der Waals surface area contributed by atoms with Crippen molar-refractivity contribution in [3.05, 3.63) is 6.20 Å². The van der Waals surface area contributed by atoms with Gasteiger partial charge in [-0.25, -0.2) is 4.98 Å². The Kier molecular flexibility index (Phi) is 3.90. The van der Waals surface area contributed by atoms with Crippen LogP contribution in [0.1, 0.15) is 13.8 Å². The number of hydrogen-bond donors (Lipinski definition) is 2. The molecule has 1 aromatic heterocycles. The molecule has 15 heavy (non-hydrogen) atoms. The van der Waals surface area contributed by atoms with Crippen molar-refractivity contribution >= 4 is 27.4 Å². The van der Waals surface area contributed by atoms with E-state index in [1.807, 2.05) is 4.90 Å². The normalized spacial score (nSPS) is 10.6. The third-order valence-corrected chi connectivity index (χ3v) is 2.60. The smallest absolute Gasteiger partial charge is 0.237 e. The van der Waals surface area contributed by atoms with Crippen LogP contribution in [0.2, 0.25) is 0 Å². The molecule has 6 heteroatoms. The lowest BCUT2D eigenvalue weighted by Gasteiger charge is -2.21. The highest BCUT2D eigenvalue weighted by atomic mass is 32.1. The number of anilines is 2. The number of rotatable bonds is 5. The van der Waals surface area contributed by atoms with Gasteiger partial charge < -0.3 is 16.4 Å². The predicted molar refractivity (Wildman–Crippen MR) is 62.8 cm³/mol.